The van der Waals surface area contributed by atoms with Crippen molar-refractivity contribution in [1.29, 1.82) is 0 Å². The van der Waals surface area contributed by atoms with Crippen LogP contribution < -0.4 is 0 Å². The van der Waals surface area contributed by atoms with Crippen LogP contribution in [0.25, 0.3) is 0 Å². The first-order valence-corrected chi connectivity index (χ1v) is 18.7. The first kappa shape index (κ1) is 50.4. The van der Waals surface area contributed by atoms with E-state index in [4.69, 9.17) is 23.8 Å². The van der Waals surface area contributed by atoms with E-state index >= 15 is 0 Å². The Morgan fingerprint density at radius 3 is 1.88 bits per heavy atom. The quantitative estimate of drug-likeness (QED) is 0.153. The third-order valence-corrected chi connectivity index (χ3v) is 10.5. The number of esters is 1. The molecule has 2 heterocycles. The maximum atomic E-state index is 13.0. The standard InChI is InChI=1S/C26H49NO6.C8H16O3.C4H6.C2H6/c1-12-21-26(10,30)23(28)20(8)22(27-33-15(2)3)17(5)14-25(9,31-11)13-16(4)18(6)19(7)24(29)32-21;1-6-7(9)8(2,10-3)4-5-11-6;1-3-4-2;1-2/h15-21,23,28,30H,12-14H2,1-11H3;6-7,9H,4-5H2,1-3H3;1-2H3;1-2H3/b27-22+;;;/t16-,17-,18+,19-,20?,21-,23?,25+,26-;6?,7-,8+;;/m10../s1. The molecule has 50 heavy (non-hydrogen) atoms. The van der Waals surface area contributed by atoms with E-state index < -0.39 is 41.0 Å². The summed E-state index contributed by atoms with van der Waals surface area (Å²) in [4.78, 5) is 18.6. The van der Waals surface area contributed by atoms with Crippen molar-refractivity contribution in [2.45, 2.75) is 184 Å². The monoisotopic (exact) mass is 716 g/mol. The number of oxime groups is 1. The van der Waals surface area contributed by atoms with Crippen LogP contribution in [0.2, 0.25) is 0 Å². The number of cyclic esters (lactones) is 1. The summed E-state index contributed by atoms with van der Waals surface area (Å²) >= 11 is 0. The molecule has 0 amide bonds. The molecule has 0 aromatic heterocycles. The van der Waals surface area contributed by atoms with Crippen LogP contribution in [0.5, 0.6) is 0 Å². The first-order valence-electron chi connectivity index (χ1n) is 18.7. The topological polar surface area (TPSA) is 136 Å². The summed E-state index contributed by atoms with van der Waals surface area (Å²) in [5.41, 5.74) is -1.88. The minimum atomic E-state index is -1.66. The highest BCUT2D eigenvalue weighted by molar-refractivity contribution is 5.88. The smallest absolute Gasteiger partial charge is 0.309 e. The van der Waals surface area contributed by atoms with E-state index in [1.807, 2.05) is 76.2 Å². The summed E-state index contributed by atoms with van der Waals surface area (Å²) in [7, 11) is 3.34. The lowest BCUT2D eigenvalue weighted by molar-refractivity contribution is -0.188. The van der Waals surface area contributed by atoms with Crippen LogP contribution in [0.15, 0.2) is 5.16 Å². The molecule has 2 aliphatic heterocycles. The van der Waals surface area contributed by atoms with Gasteiger partial charge in [0.05, 0.1) is 35.0 Å². The zero-order chi connectivity index (χ0) is 39.6. The SMILES string of the molecule is CC.CC#CC.CC[C@H]1OC(=O)[C@H](C)[C@@H](C)[C@H](C)C[C@](C)(OC)C[C@@H](C)/C(=N\OC(C)C)C(C)C(O)[C@]1(C)O.CO[C@]1(C)CCOC(C)[C@@H]1O. The number of aliphatic hydroxyl groups excluding tert-OH is 2. The summed E-state index contributed by atoms with van der Waals surface area (Å²) in [6.45, 7) is 31.3. The van der Waals surface area contributed by atoms with Gasteiger partial charge in [-0.05, 0) is 86.5 Å². The Morgan fingerprint density at radius 2 is 1.46 bits per heavy atom. The van der Waals surface area contributed by atoms with Crippen molar-refractivity contribution in [3.8, 4) is 11.8 Å². The average molecular weight is 716 g/mol. The first-order chi connectivity index (χ1) is 23.1. The van der Waals surface area contributed by atoms with Crippen molar-refractivity contribution < 1.29 is 43.9 Å². The number of carbonyl (C=O) groups is 1. The van der Waals surface area contributed by atoms with Crippen molar-refractivity contribution in [1.82, 2.24) is 0 Å². The zero-order valence-corrected chi connectivity index (χ0v) is 35.0. The van der Waals surface area contributed by atoms with E-state index in [0.717, 1.165) is 12.8 Å². The van der Waals surface area contributed by atoms with Crippen molar-refractivity contribution in [2.24, 2.45) is 34.7 Å². The van der Waals surface area contributed by atoms with Crippen LogP contribution in [0.1, 0.15) is 136 Å². The Bertz CT molecular complexity index is 1030. The van der Waals surface area contributed by atoms with Gasteiger partial charge in [-0.2, -0.15) is 0 Å². The molecular formula is C40H77NO9. The Hall–Kier alpha value is -1.74. The van der Waals surface area contributed by atoms with Crippen LogP contribution in [0.4, 0.5) is 0 Å². The van der Waals surface area contributed by atoms with Crippen molar-refractivity contribution in [3.63, 3.8) is 0 Å². The molecule has 3 N–H and O–H groups in total. The lowest BCUT2D eigenvalue weighted by Crippen LogP contribution is -2.56. The van der Waals surface area contributed by atoms with Crippen LogP contribution in [0.3, 0.4) is 0 Å². The highest BCUT2D eigenvalue weighted by atomic mass is 16.6. The van der Waals surface area contributed by atoms with E-state index in [-0.39, 0.29) is 41.8 Å². The number of methoxy groups -OCH3 is 2. The minimum absolute atomic E-state index is 0.0499. The summed E-state index contributed by atoms with van der Waals surface area (Å²) in [6.07, 6.45) is -0.247. The van der Waals surface area contributed by atoms with E-state index in [0.29, 0.717) is 25.2 Å². The Balaban J connectivity index is 0. The third-order valence-electron chi connectivity index (χ3n) is 10.5. The zero-order valence-electron chi connectivity index (χ0n) is 35.0. The van der Waals surface area contributed by atoms with Gasteiger partial charge in [0.2, 0.25) is 0 Å². The second kappa shape index (κ2) is 23.7. The molecule has 2 rings (SSSR count). The molecule has 0 aliphatic carbocycles. The predicted octanol–water partition coefficient (Wildman–Crippen LogP) is 7.20. The van der Waals surface area contributed by atoms with Gasteiger partial charge < -0.3 is 39.1 Å². The van der Waals surface area contributed by atoms with E-state index in [9.17, 15) is 20.1 Å². The molecule has 2 aliphatic rings. The van der Waals surface area contributed by atoms with Gasteiger partial charge in [-0.15, -0.1) is 11.8 Å². The largest absolute Gasteiger partial charge is 0.459 e. The molecule has 10 heteroatoms. The number of ether oxygens (including phenoxy) is 4. The lowest BCUT2D eigenvalue weighted by atomic mass is 9.73. The second-order valence-electron chi connectivity index (χ2n) is 14.8. The summed E-state index contributed by atoms with van der Waals surface area (Å²) in [5.74, 6) is 4.30. The highest BCUT2D eigenvalue weighted by Gasteiger charge is 2.47. The molecule has 0 aromatic carbocycles. The molecule has 2 fully saturated rings. The fourth-order valence-electron chi connectivity index (χ4n) is 6.49. The van der Waals surface area contributed by atoms with E-state index in [1.165, 1.54) is 6.92 Å². The molecule has 2 saturated heterocycles. The maximum absolute atomic E-state index is 13.0. The van der Waals surface area contributed by atoms with Gasteiger partial charge in [-0.25, -0.2) is 0 Å². The molecule has 0 radical (unpaired) electrons. The van der Waals surface area contributed by atoms with E-state index in [1.54, 1.807) is 14.2 Å². The normalized spacial score (nSPS) is 39.0. The number of aliphatic hydroxyl groups is 3. The van der Waals surface area contributed by atoms with Crippen molar-refractivity contribution in [2.75, 3.05) is 20.8 Å². The van der Waals surface area contributed by atoms with Crippen LogP contribution in [-0.4, -0.2) is 95.2 Å². The van der Waals surface area contributed by atoms with Crippen molar-refractivity contribution in [3.05, 3.63) is 0 Å². The van der Waals surface area contributed by atoms with Crippen molar-refractivity contribution >= 4 is 11.7 Å². The molecule has 0 aromatic rings. The molecule has 0 bridgehead atoms. The van der Waals surface area contributed by atoms with Crippen LogP contribution >= 0.6 is 0 Å². The lowest BCUT2D eigenvalue weighted by Gasteiger charge is -2.42. The molecular weight excluding hydrogens is 638 g/mol. The summed E-state index contributed by atoms with van der Waals surface area (Å²) < 4.78 is 22.3. The number of hydrogen-bond donors (Lipinski definition) is 3. The molecule has 0 saturated carbocycles. The van der Waals surface area contributed by atoms with Gasteiger partial charge in [0.1, 0.15) is 23.9 Å². The maximum Gasteiger partial charge on any atom is 0.309 e. The minimum Gasteiger partial charge on any atom is -0.459 e. The van der Waals surface area contributed by atoms with Gasteiger partial charge in [0.25, 0.3) is 0 Å². The van der Waals surface area contributed by atoms with Gasteiger partial charge in [0, 0.05) is 39.1 Å². The van der Waals surface area contributed by atoms with Gasteiger partial charge in [-0.1, -0.05) is 60.5 Å². The molecule has 296 valence electrons. The fraction of sp³-hybridized carbons (Fsp3) is 0.900. The molecule has 12 atom stereocenters. The fourth-order valence-corrected chi connectivity index (χ4v) is 6.49. The van der Waals surface area contributed by atoms with Gasteiger partial charge >= 0.3 is 5.97 Å². The highest BCUT2D eigenvalue weighted by Crippen LogP contribution is 2.37. The Morgan fingerprint density at radius 1 is 0.920 bits per heavy atom. The van der Waals surface area contributed by atoms with Gasteiger partial charge in [0.15, 0.2) is 0 Å². The average Bonchev–Trinajstić information content (AvgIpc) is 3.08. The summed E-state index contributed by atoms with van der Waals surface area (Å²) in [6, 6.07) is 0. The predicted molar refractivity (Wildman–Crippen MR) is 203 cm³/mol. The van der Waals surface area contributed by atoms with E-state index in [2.05, 4.69) is 44.7 Å². The van der Waals surface area contributed by atoms with Crippen LogP contribution in [0, 0.1) is 41.4 Å². The Labute approximate surface area is 306 Å². The van der Waals surface area contributed by atoms with Gasteiger partial charge in [-0.3, -0.25) is 4.79 Å². The Kier molecular flexibility index (Phi) is 23.9. The number of nitrogens with zero attached hydrogens (tertiary/aromatic N) is 1. The molecule has 3 unspecified atom stereocenters. The number of hydrogen-bond acceptors (Lipinski definition) is 10. The van der Waals surface area contributed by atoms with Crippen LogP contribution in [-0.2, 0) is 28.6 Å². The summed E-state index contributed by atoms with van der Waals surface area (Å²) in [5, 5.41) is 36.8. The second-order valence-corrected chi connectivity index (χ2v) is 14.8. The molecule has 0 spiro atoms. The third kappa shape index (κ3) is 15.1. The number of carbonyl (C=O) groups excluding carboxylic acids is 1. The number of rotatable bonds is 5. The molecule has 10 nitrogen and oxygen atoms in total.